The first-order valence-electron chi connectivity index (χ1n) is 12.0. The number of aryl methyl sites for hydroxylation is 2. The monoisotopic (exact) mass is 421 g/mol. The number of hydrogen-bond donors (Lipinski definition) is 1. The second kappa shape index (κ2) is 10.2. The van der Waals surface area contributed by atoms with E-state index in [9.17, 15) is 0 Å². The zero-order chi connectivity index (χ0) is 22.7. The van der Waals surface area contributed by atoms with Gasteiger partial charge >= 0.3 is 0 Å². The molecule has 1 saturated heterocycles. The minimum absolute atomic E-state index is 0.479. The third-order valence-electron chi connectivity index (χ3n) is 7.71. The summed E-state index contributed by atoms with van der Waals surface area (Å²) < 4.78 is 0. The van der Waals surface area contributed by atoms with E-state index in [0.29, 0.717) is 30.0 Å². The molecule has 0 radical (unpaired) electrons. The minimum atomic E-state index is 0.479. The zero-order valence-corrected chi connectivity index (χ0v) is 20.7. The Hall–Kier alpha value is -1.84. The lowest BCUT2D eigenvalue weighted by Crippen LogP contribution is -2.45. The Balaban J connectivity index is 1.91. The Bertz CT molecular complexity index is 859. The van der Waals surface area contributed by atoms with Crippen LogP contribution in [0.2, 0.25) is 0 Å². The van der Waals surface area contributed by atoms with Crippen LogP contribution in [0.3, 0.4) is 0 Å². The van der Waals surface area contributed by atoms with Crippen LogP contribution in [-0.4, -0.2) is 42.5 Å². The van der Waals surface area contributed by atoms with Crippen molar-refractivity contribution in [3.8, 4) is 0 Å². The van der Waals surface area contributed by atoms with E-state index in [1.54, 1.807) is 0 Å². The number of anilines is 1. The van der Waals surface area contributed by atoms with Gasteiger partial charge in [0, 0.05) is 30.4 Å². The van der Waals surface area contributed by atoms with Crippen LogP contribution in [0.15, 0.2) is 42.5 Å². The minimum Gasteiger partial charge on any atom is -0.399 e. The van der Waals surface area contributed by atoms with E-state index in [1.807, 2.05) is 6.07 Å². The van der Waals surface area contributed by atoms with Gasteiger partial charge in [0.05, 0.1) is 0 Å². The van der Waals surface area contributed by atoms with Gasteiger partial charge < -0.3 is 10.6 Å². The first kappa shape index (κ1) is 23.8. The molecule has 3 heteroatoms. The van der Waals surface area contributed by atoms with Crippen LogP contribution in [0, 0.1) is 25.7 Å². The molecule has 3 rings (SSSR count). The molecule has 2 N–H and O–H groups in total. The molecule has 0 saturated carbocycles. The Labute approximate surface area is 190 Å². The molecule has 3 nitrogen and oxygen atoms in total. The van der Waals surface area contributed by atoms with Crippen LogP contribution in [-0.2, 0) is 6.42 Å². The summed E-state index contributed by atoms with van der Waals surface area (Å²) in [4.78, 5) is 5.23. The van der Waals surface area contributed by atoms with Crippen molar-refractivity contribution >= 4 is 5.69 Å². The Morgan fingerprint density at radius 2 is 1.84 bits per heavy atom. The van der Waals surface area contributed by atoms with Crippen LogP contribution in [0.1, 0.15) is 61.9 Å². The van der Waals surface area contributed by atoms with E-state index in [4.69, 9.17) is 5.73 Å². The van der Waals surface area contributed by atoms with Crippen LogP contribution < -0.4 is 5.73 Å². The summed E-state index contributed by atoms with van der Waals surface area (Å²) in [5.41, 5.74) is 12.6. The molecule has 31 heavy (non-hydrogen) atoms. The van der Waals surface area contributed by atoms with Gasteiger partial charge in [0.1, 0.15) is 0 Å². The molecule has 0 aromatic heterocycles. The van der Waals surface area contributed by atoms with Gasteiger partial charge in [-0.05, 0) is 94.8 Å². The largest absolute Gasteiger partial charge is 0.399 e. The third-order valence-corrected chi connectivity index (χ3v) is 7.71. The Morgan fingerprint density at radius 1 is 1.10 bits per heavy atom. The summed E-state index contributed by atoms with van der Waals surface area (Å²) >= 11 is 0. The average Bonchev–Trinajstić information content (AvgIpc) is 3.13. The summed E-state index contributed by atoms with van der Waals surface area (Å²) in [6.45, 7) is 12.9. The fourth-order valence-electron chi connectivity index (χ4n) is 5.61. The summed E-state index contributed by atoms with van der Waals surface area (Å²) in [6, 6.07) is 17.1. The Kier molecular flexibility index (Phi) is 7.82. The number of rotatable bonds is 8. The number of benzene rings is 2. The number of nitrogens with two attached hydrogens (primary N) is 1. The zero-order valence-electron chi connectivity index (χ0n) is 20.7. The molecular formula is C28H43N3. The number of nitrogens with zero attached hydrogens (tertiary/aromatic N) is 2. The summed E-state index contributed by atoms with van der Waals surface area (Å²) in [7, 11) is 4.43. The summed E-state index contributed by atoms with van der Waals surface area (Å²) in [5.74, 6) is 1.28. The molecule has 170 valence electrons. The molecular weight excluding hydrogens is 378 g/mol. The number of likely N-dealkylation sites (tertiary alicyclic amines) is 1. The smallest absolute Gasteiger partial charge is 0.0351 e. The normalized spacial score (nSPS) is 22.6. The maximum atomic E-state index is 6.07. The van der Waals surface area contributed by atoms with Crippen molar-refractivity contribution in [2.45, 2.75) is 72.0 Å². The molecule has 0 amide bonds. The van der Waals surface area contributed by atoms with Crippen LogP contribution >= 0.6 is 0 Å². The number of hydrogen-bond acceptors (Lipinski definition) is 3. The maximum Gasteiger partial charge on any atom is 0.0351 e. The van der Waals surface area contributed by atoms with Crippen molar-refractivity contribution in [1.82, 2.24) is 9.80 Å². The van der Waals surface area contributed by atoms with Crippen LogP contribution in [0.5, 0.6) is 0 Å². The molecule has 0 aliphatic carbocycles. The SMILES string of the molecule is CCC(c1cc(C)ccc1C)N1CC(Cc2cccc(N)c2)CC1C(C)C(C)N(C)C. The van der Waals surface area contributed by atoms with Gasteiger partial charge in [-0.3, -0.25) is 4.90 Å². The van der Waals surface area contributed by atoms with E-state index in [2.05, 4.69) is 94.9 Å². The van der Waals surface area contributed by atoms with E-state index >= 15 is 0 Å². The maximum absolute atomic E-state index is 6.07. The van der Waals surface area contributed by atoms with Gasteiger partial charge in [0.25, 0.3) is 0 Å². The molecule has 2 aromatic rings. The van der Waals surface area contributed by atoms with Crippen molar-refractivity contribution in [3.63, 3.8) is 0 Å². The van der Waals surface area contributed by atoms with Crippen molar-refractivity contribution in [2.75, 3.05) is 26.4 Å². The lowest BCUT2D eigenvalue weighted by molar-refractivity contribution is 0.0943. The molecule has 0 bridgehead atoms. The highest BCUT2D eigenvalue weighted by molar-refractivity contribution is 5.41. The summed E-state index contributed by atoms with van der Waals surface area (Å²) in [6.07, 6.45) is 3.52. The van der Waals surface area contributed by atoms with Crippen molar-refractivity contribution in [3.05, 3.63) is 64.7 Å². The van der Waals surface area contributed by atoms with Gasteiger partial charge in [-0.2, -0.15) is 0 Å². The average molecular weight is 422 g/mol. The Morgan fingerprint density at radius 3 is 2.48 bits per heavy atom. The van der Waals surface area contributed by atoms with Gasteiger partial charge in [0.15, 0.2) is 0 Å². The molecule has 5 unspecified atom stereocenters. The second-order valence-corrected chi connectivity index (χ2v) is 10.2. The van der Waals surface area contributed by atoms with Crippen molar-refractivity contribution < 1.29 is 0 Å². The van der Waals surface area contributed by atoms with Gasteiger partial charge in [-0.1, -0.05) is 49.7 Å². The van der Waals surface area contributed by atoms with E-state index < -0.39 is 0 Å². The fraction of sp³-hybridized carbons (Fsp3) is 0.571. The van der Waals surface area contributed by atoms with E-state index in [1.165, 1.54) is 28.7 Å². The molecule has 0 spiro atoms. The highest BCUT2D eigenvalue weighted by Gasteiger charge is 2.41. The number of nitrogen functional groups attached to an aromatic ring is 1. The fourth-order valence-corrected chi connectivity index (χ4v) is 5.61. The lowest BCUT2D eigenvalue weighted by Gasteiger charge is -2.40. The molecule has 1 heterocycles. The predicted molar refractivity (Wildman–Crippen MR) is 134 cm³/mol. The highest BCUT2D eigenvalue weighted by atomic mass is 15.2. The predicted octanol–water partition coefficient (Wildman–Crippen LogP) is 5.86. The highest BCUT2D eigenvalue weighted by Crippen LogP contribution is 2.40. The van der Waals surface area contributed by atoms with Gasteiger partial charge in [-0.15, -0.1) is 0 Å². The molecule has 5 atom stereocenters. The standard InChI is InChI=1S/C28H43N3/c1-8-27(26-14-19(2)12-13-20(26)3)31-18-24(15-23-10-9-11-25(29)16-23)17-28(31)21(4)22(5)30(6)7/h9-14,16,21-22,24,27-28H,8,15,17-18,29H2,1-7H3. The topological polar surface area (TPSA) is 32.5 Å². The van der Waals surface area contributed by atoms with Crippen LogP contribution in [0.25, 0.3) is 0 Å². The summed E-state index contributed by atoms with van der Waals surface area (Å²) in [5, 5.41) is 0. The molecule has 1 fully saturated rings. The van der Waals surface area contributed by atoms with Crippen molar-refractivity contribution in [1.29, 1.82) is 0 Å². The van der Waals surface area contributed by atoms with Crippen LogP contribution in [0.4, 0.5) is 5.69 Å². The van der Waals surface area contributed by atoms with Gasteiger partial charge in [0.2, 0.25) is 0 Å². The molecule has 1 aliphatic rings. The second-order valence-electron chi connectivity index (χ2n) is 10.2. The van der Waals surface area contributed by atoms with Gasteiger partial charge in [-0.25, -0.2) is 0 Å². The third kappa shape index (κ3) is 5.51. The first-order valence-corrected chi connectivity index (χ1v) is 12.0. The quantitative estimate of drug-likeness (QED) is 0.542. The van der Waals surface area contributed by atoms with E-state index in [0.717, 1.165) is 25.1 Å². The van der Waals surface area contributed by atoms with Crippen molar-refractivity contribution in [2.24, 2.45) is 11.8 Å². The van der Waals surface area contributed by atoms with E-state index in [-0.39, 0.29) is 0 Å². The molecule has 2 aromatic carbocycles. The molecule has 1 aliphatic heterocycles. The first-order chi connectivity index (χ1) is 14.7. The lowest BCUT2D eigenvalue weighted by atomic mass is 9.87.